The number of hydrogen-bond acceptors (Lipinski definition) is 5. The minimum atomic E-state index is -0.466. The number of H-pyrrole nitrogens is 1. The standard InChI is InChI=1S/C21H20N6O/c1-2-17-25-20(27-21(26-17)24-11-13-7-4-3-5-8-13)18-14-9-6-10-15(19(22)28)16(14)12-23-18/h3-10,12,23H,2,11H2,1H3,(H2,22,28)(H,24,25,26,27). The van der Waals surface area contributed by atoms with E-state index in [4.69, 9.17) is 5.73 Å². The number of carbonyl (C=O) groups excluding carboxylic acids is 1. The van der Waals surface area contributed by atoms with Gasteiger partial charge >= 0.3 is 0 Å². The number of primary amides is 1. The fourth-order valence-corrected chi connectivity index (χ4v) is 3.11. The van der Waals surface area contributed by atoms with Crippen molar-refractivity contribution in [2.45, 2.75) is 19.9 Å². The Morgan fingerprint density at radius 1 is 1.04 bits per heavy atom. The highest BCUT2D eigenvalue weighted by molar-refractivity contribution is 6.09. The summed E-state index contributed by atoms with van der Waals surface area (Å²) in [5, 5.41) is 4.86. The van der Waals surface area contributed by atoms with Gasteiger partial charge in [-0.1, -0.05) is 49.4 Å². The van der Waals surface area contributed by atoms with E-state index >= 15 is 0 Å². The molecule has 0 aliphatic rings. The maximum Gasteiger partial charge on any atom is 0.249 e. The van der Waals surface area contributed by atoms with Crippen molar-refractivity contribution >= 4 is 22.6 Å². The molecule has 7 nitrogen and oxygen atoms in total. The van der Waals surface area contributed by atoms with Gasteiger partial charge in [0.05, 0.1) is 5.69 Å². The van der Waals surface area contributed by atoms with Gasteiger partial charge in [0.25, 0.3) is 0 Å². The normalized spacial score (nSPS) is 10.9. The van der Waals surface area contributed by atoms with E-state index in [2.05, 4.69) is 25.3 Å². The fourth-order valence-electron chi connectivity index (χ4n) is 3.11. The van der Waals surface area contributed by atoms with Crippen LogP contribution in [0.1, 0.15) is 28.7 Å². The van der Waals surface area contributed by atoms with Gasteiger partial charge in [0.15, 0.2) is 5.82 Å². The SMILES string of the molecule is CCc1nc(NCc2ccccc2)nc(-c2[nH]cc3c(C(N)=O)cccc23)n1. The smallest absolute Gasteiger partial charge is 0.249 e. The molecule has 2 aromatic heterocycles. The van der Waals surface area contributed by atoms with Gasteiger partial charge in [-0.25, -0.2) is 4.98 Å². The van der Waals surface area contributed by atoms with Crippen molar-refractivity contribution in [2.24, 2.45) is 5.73 Å². The molecule has 7 heteroatoms. The molecular formula is C21H20N6O. The van der Waals surface area contributed by atoms with Crippen LogP contribution in [-0.2, 0) is 13.0 Å². The molecule has 0 saturated carbocycles. The summed E-state index contributed by atoms with van der Waals surface area (Å²) in [6.45, 7) is 2.61. The molecule has 28 heavy (non-hydrogen) atoms. The van der Waals surface area contributed by atoms with E-state index in [0.29, 0.717) is 36.1 Å². The zero-order valence-electron chi connectivity index (χ0n) is 15.4. The minimum Gasteiger partial charge on any atom is -0.366 e. The molecule has 0 aliphatic carbocycles. The molecule has 2 aromatic carbocycles. The minimum absolute atomic E-state index is 0.465. The second-order valence-corrected chi connectivity index (χ2v) is 6.39. The van der Waals surface area contributed by atoms with Crippen LogP contribution in [0, 0.1) is 0 Å². The van der Waals surface area contributed by atoms with Crippen LogP contribution >= 0.6 is 0 Å². The summed E-state index contributed by atoms with van der Waals surface area (Å²) in [7, 11) is 0. The predicted molar refractivity (Wildman–Crippen MR) is 109 cm³/mol. The molecule has 0 saturated heterocycles. The third-order valence-corrected chi connectivity index (χ3v) is 4.52. The van der Waals surface area contributed by atoms with E-state index in [0.717, 1.165) is 22.0 Å². The Morgan fingerprint density at radius 2 is 1.86 bits per heavy atom. The van der Waals surface area contributed by atoms with Gasteiger partial charge in [-0.3, -0.25) is 4.79 Å². The number of aryl methyl sites for hydroxylation is 1. The van der Waals surface area contributed by atoms with Gasteiger partial charge in [0.2, 0.25) is 11.9 Å². The highest BCUT2D eigenvalue weighted by atomic mass is 16.1. The molecule has 140 valence electrons. The number of hydrogen-bond donors (Lipinski definition) is 3. The largest absolute Gasteiger partial charge is 0.366 e. The second-order valence-electron chi connectivity index (χ2n) is 6.39. The van der Waals surface area contributed by atoms with Gasteiger partial charge in [-0.05, 0) is 11.6 Å². The molecule has 0 fully saturated rings. The number of benzene rings is 2. The molecule has 1 amide bonds. The Balaban J connectivity index is 1.73. The van der Waals surface area contributed by atoms with Gasteiger partial charge in [-0.15, -0.1) is 0 Å². The van der Waals surface area contributed by atoms with Crippen molar-refractivity contribution in [3.63, 3.8) is 0 Å². The first-order valence-corrected chi connectivity index (χ1v) is 9.08. The first kappa shape index (κ1) is 17.7. The van der Waals surface area contributed by atoms with Gasteiger partial charge in [0.1, 0.15) is 5.82 Å². The lowest BCUT2D eigenvalue weighted by Crippen LogP contribution is -2.10. The van der Waals surface area contributed by atoms with E-state index in [1.54, 1.807) is 18.3 Å². The number of amides is 1. The summed E-state index contributed by atoms with van der Waals surface area (Å²) in [5.41, 5.74) is 7.83. The first-order chi connectivity index (χ1) is 13.7. The van der Waals surface area contributed by atoms with Crippen LogP contribution in [0.2, 0.25) is 0 Å². The zero-order valence-corrected chi connectivity index (χ0v) is 15.4. The predicted octanol–water partition coefficient (Wildman–Crippen LogP) is 3.29. The third kappa shape index (κ3) is 3.42. The Bertz CT molecular complexity index is 1140. The maximum absolute atomic E-state index is 11.7. The molecule has 0 atom stereocenters. The quantitative estimate of drug-likeness (QED) is 0.481. The number of nitrogens with zero attached hydrogens (tertiary/aromatic N) is 3. The van der Waals surface area contributed by atoms with E-state index in [1.165, 1.54) is 0 Å². The lowest BCUT2D eigenvalue weighted by molar-refractivity contribution is 0.100. The van der Waals surface area contributed by atoms with Gasteiger partial charge in [0, 0.05) is 35.5 Å². The van der Waals surface area contributed by atoms with Crippen LogP contribution in [-0.4, -0.2) is 25.8 Å². The van der Waals surface area contributed by atoms with E-state index in [-0.39, 0.29) is 0 Å². The average molecular weight is 372 g/mol. The van der Waals surface area contributed by atoms with Crippen molar-refractivity contribution in [1.82, 2.24) is 19.9 Å². The second kappa shape index (κ2) is 7.48. The number of rotatable bonds is 6. The van der Waals surface area contributed by atoms with E-state index in [1.807, 2.05) is 43.3 Å². The Labute approximate surface area is 162 Å². The summed E-state index contributed by atoms with van der Waals surface area (Å²) < 4.78 is 0. The van der Waals surface area contributed by atoms with Crippen molar-refractivity contribution < 1.29 is 4.79 Å². The molecule has 2 heterocycles. The molecule has 0 aliphatic heterocycles. The molecule has 4 N–H and O–H groups in total. The number of fused-ring (bicyclic) bond motifs is 1. The Kier molecular flexibility index (Phi) is 4.72. The van der Waals surface area contributed by atoms with Crippen LogP contribution in [0.3, 0.4) is 0 Å². The number of nitrogens with one attached hydrogen (secondary N) is 2. The van der Waals surface area contributed by atoms with Crippen LogP contribution in [0.5, 0.6) is 0 Å². The van der Waals surface area contributed by atoms with Crippen LogP contribution in [0.4, 0.5) is 5.95 Å². The summed E-state index contributed by atoms with van der Waals surface area (Å²) in [6, 6.07) is 15.5. The van der Waals surface area contributed by atoms with Gasteiger partial charge < -0.3 is 16.0 Å². The monoisotopic (exact) mass is 372 g/mol. The summed E-state index contributed by atoms with van der Waals surface area (Å²) >= 11 is 0. The Hall–Kier alpha value is -3.74. The molecule has 0 spiro atoms. The summed E-state index contributed by atoms with van der Waals surface area (Å²) in [5.74, 6) is 1.26. The van der Waals surface area contributed by atoms with Crippen LogP contribution in [0.15, 0.2) is 54.7 Å². The molecule has 0 unspecified atom stereocenters. The molecular weight excluding hydrogens is 352 g/mol. The highest BCUT2D eigenvalue weighted by Crippen LogP contribution is 2.28. The topological polar surface area (TPSA) is 110 Å². The molecule has 0 bridgehead atoms. The average Bonchev–Trinajstić information content (AvgIpc) is 3.17. The number of aromatic nitrogens is 4. The lowest BCUT2D eigenvalue weighted by Gasteiger charge is -2.08. The highest BCUT2D eigenvalue weighted by Gasteiger charge is 2.15. The lowest BCUT2D eigenvalue weighted by atomic mass is 10.1. The van der Waals surface area contributed by atoms with Crippen molar-refractivity contribution in [3.8, 4) is 11.5 Å². The van der Waals surface area contributed by atoms with Gasteiger partial charge in [-0.2, -0.15) is 9.97 Å². The van der Waals surface area contributed by atoms with Crippen LogP contribution in [0.25, 0.3) is 22.3 Å². The summed E-state index contributed by atoms with van der Waals surface area (Å²) in [6.07, 6.45) is 2.44. The number of anilines is 1. The first-order valence-electron chi connectivity index (χ1n) is 9.08. The molecule has 4 aromatic rings. The number of carbonyl (C=O) groups is 1. The Morgan fingerprint density at radius 3 is 2.61 bits per heavy atom. The van der Waals surface area contributed by atoms with E-state index < -0.39 is 5.91 Å². The van der Waals surface area contributed by atoms with Crippen LogP contribution < -0.4 is 11.1 Å². The molecule has 4 rings (SSSR count). The zero-order chi connectivity index (χ0) is 19.5. The fraction of sp³-hybridized carbons (Fsp3) is 0.143. The third-order valence-electron chi connectivity index (χ3n) is 4.52. The van der Waals surface area contributed by atoms with E-state index in [9.17, 15) is 4.79 Å². The summed E-state index contributed by atoms with van der Waals surface area (Å²) in [4.78, 5) is 28.5. The van der Waals surface area contributed by atoms with Crippen molar-refractivity contribution in [3.05, 3.63) is 71.7 Å². The molecule has 0 radical (unpaired) electrons. The maximum atomic E-state index is 11.7. The number of nitrogens with two attached hydrogens (primary N) is 1. The number of aromatic amines is 1. The van der Waals surface area contributed by atoms with Crippen molar-refractivity contribution in [2.75, 3.05) is 5.32 Å². The van der Waals surface area contributed by atoms with Crippen molar-refractivity contribution in [1.29, 1.82) is 0 Å².